The minimum absolute atomic E-state index is 0.0244. The Hall–Kier alpha value is -2.80. The van der Waals surface area contributed by atoms with Gasteiger partial charge in [-0.25, -0.2) is 4.79 Å². The lowest BCUT2D eigenvalue weighted by atomic mass is 9.98. The van der Waals surface area contributed by atoms with Crippen molar-refractivity contribution in [2.45, 2.75) is 13.0 Å². The van der Waals surface area contributed by atoms with Crippen LogP contribution in [0, 0.1) is 10.1 Å². The third kappa shape index (κ3) is 3.17. The van der Waals surface area contributed by atoms with E-state index in [-0.39, 0.29) is 16.3 Å². The highest BCUT2D eigenvalue weighted by Gasteiger charge is 2.28. The van der Waals surface area contributed by atoms with Crippen LogP contribution in [0.1, 0.15) is 21.5 Å². The monoisotopic (exact) mass is 376 g/mol. The van der Waals surface area contributed by atoms with Crippen LogP contribution in [0.4, 0.5) is 11.4 Å². The Morgan fingerprint density at radius 1 is 1.31 bits per heavy atom. The Balaban J connectivity index is 2.03. The first-order chi connectivity index (χ1) is 12.5. The topological polar surface area (TPSA) is 81.9 Å². The average molecular weight is 377 g/mol. The molecule has 0 saturated carbocycles. The van der Waals surface area contributed by atoms with Crippen molar-refractivity contribution < 1.29 is 19.2 Å². The van der Waals surface area contributed by atoms with Crippen LogP contribution >= 0.6 is 11.6 Å². The molecule has 2 aromatic rings. The van der Waals surface area contributed by atoms with Gasteiger partial charge in [0.2, 0.25) is 0 Å². The molecule has 0 aromatic heterocycles. The molecule has 1 aliphatic rings. The molecule has 0 unspecified atom stereocenters. The van der Waals surface area contributed by atoms with Gasteiger partial charge in [0.05, 0.1) is 29.7 Å². The van der Waals surface area contributed by atoms with E-state index in [1.165, 1.54) is 19.2 Å². The molecule has 3 rings (SSSR count). The molecule has 0 N–H and O–H groups in total. The van der Waals surface area contributed by atoms with Gasteiger partial charge in [0.1, 0.15) is 11.4 Å². The van der Waals surface area contributed by atoms with Gasteiger partial charge in [-0.3, -0.25) is 10.1 Å². The Kier molecular flexibility index (Phi) is 4.99. The fourth-order valence-corrected chi connectivity index (χ4v) is 3.42. The van der Waals surface area contributed by atoms with Crippen LogP contribution in [0.25, 0.3) is 0 Å². The molecule has 0 fully saturated rings. The summed E-state index contributed by atoms with van der Waals surface area (Å²) in [5, 5.41) is 11.7. The zero-order valence-electron chi connectivity index (χ0n) is 14.3. The van der Waals surface area contributed by atoms with E-state index in [2.05, 4.69) is 4.74 Å². The van der Waals surface area contributed by atoms with Crippen LogP contribution < -0.4 is 9.64 Å². The van der Waals surface area contributed by atoms with Crippen LogP contribution in [0.15, 0.2) is 30.3 Å². The number of esters is 1. The molecule has 0 amide bonds. The predicted octanol–water partition coefficient (Wildman–Crippen LogP) is 3.61. The smallest absolute Gasteiger partial charge is 0.339 e. The highest BCUT2D eigenvalue weighted by molar-refractivity contribution is 6.34. The third-order valence-electron chi connectivity index (χ3n) is 4.45. The zero-order valence-corrected chi connectivity index (χ0v) is 15.1. The molecule has 26 heavy (non-hydrogen) atoms. The fraction of sp³-hybridized carbons (Fsp3) is 0.278. The summed E-state index contributed by atoms with van der Waals surface area (Å²) >= 11 is 6.18. The molecule has 2 aromatic carbocycles. The molecule has 0 atom stereocenters. The molecule has 136 valence electrons. The van der Waals surface area contributed by atoms with Gasteiger partial charge in [-0.15, -0.1) is 0 Å². The standard InChI is InChI=1S/C18H17ClN2O5/c1-25-17-5-3-4-11-10-20(7-6-12(11)17)15-9-14(19)13(18(22)26-2)8-16(15)21(23)24/h3-5,8-9H,6-7,10H2,1-2H3. The molecule has 1 heterocycles. The lowest BCUT2D eigenvalue weighted by molar-refractivity contribution is -0.384. The second-order valence-electron chi connectivity index (χ2n) is 5.84. The third-order valence-corrected chi connectivity index (χ3v) is 4.76. The maximum atomic E-state index is 11.8. The molecule has 0 radical (unpaired) electrons. The summed E-state index contributed by atoms with van der Waals surface area (Å²) in [6.45, 7) is 1.06. The van der Waals surface area contributed by atoms with Crippen molar-refractivity contribution in [3.63, 3.8) is 0 Å². The number of fused-ring (bicyclic) bond motifs is 1. The number of hydrogen-bond donors (Lipinski definition) is 0. The molecular formula is C18H17ClN2O5. The van der Waals surface area contributed by atoms with Gasteiger partial charge < -0.3 is 14.4 Å². The number of carbonyl (C=O) groups excluding carboxylic acids is 1. The van der Waals surface area contributed by atoms with Crippen molar-refractivity contribution in [3.05, 3.63) is 62.2 Å². The maximum Gasteiger partial charge on any atom is 0.339 e. The molecule has 7 nitrogen and oxygen atoms in total. The van der Waals surface area contributed by atoms with Gasteiger partial charge in [-0.2, -0.15) is 0 Å². The molecule has 8 heteroatoms. The van der Waals surface area contributed by atoms with Crippen molar-refractivity contribution in [2.75, 3.05) is 25.7 Å². The molecule has 1 aliphatic heterocycles. The van der Waals surface area contributed by atoms with Crippen LogP contribution in [0.2, 0.25) is 5.02 Å². The van der Waals surface area contributed by atoms with E-state index >= 15 is 0 Å². The van der Waals surface area contributed by atoms with Crippen molar-refractivity contribution in [1.29, 1.82) is 0 Å². The Morgan fingerprint density at radius 3 is 2.73 bits per heavy atom. The Morgan fingerprint density at radius 2 is 2.08 bits per heavy atom. The normalized spacial score (nSPS) is 13.1. The number of nitro benzene ring substituents is 1. The maximum absolute atomic E-state index is 11.8. The SMILES string of the molecule is COC(=O)c1cc([N+](=O)[O-])c(N2CCc3c(cccc3OC)C2)cc1Cl. The molecular weight excluding hydrogens is 360 g/mol. The van der Waals surface area contributed by atoms with Gasteiger partial charge in [0.25, 0.3) is 5.69 Å². The molecule has 0 saturated heterocycles. The summed E-state index contributed by atoms with van der Waals surface area (Å²) in [4.78, 5) is 24.7. The van der Waals surface area contributed by atoms with E-state index in [1.807, 2.05) is 23.1 Å². The molecule has 0 bridgehead atoms. The average Bonchev–Trinajstić information content (AvgIpc) is 2.65. The van der Waals surface area contributed by atoms with Crippen LogP contribution in [0.3, 0.4) is 0 Å². The van der Waals surface area contributed by atoms with Crippen molar-refractivity contribution >= 4 is 28.9 Å². The van der Waals surface area contributed by atoms with Gasteiger partial charge in [-0.1, -0.05) is 23.7 Å². The van der Waals surface area contributed by atoms with Crippen LogP contribution in [0.5, 0.6) is 5.75 Å². The van der Waals surface area contributed by atoms with Gasteiger partial charge >= 0.3 is 5.97 Å². The Bertz CT molecular complexity index is 884. The number of halogens is 1. The van der Waals surface area contributed by atoms with E-state index < -0.39 is 10.9 Å². The van der Waals surface area contributed by atoms with E-state index in [4.69, 9.17) is 16.3 Å². The second kappa shape index (κ2) is 7.21. The fourth-order valence-electron chi connectivity index (χ4n) is 3.19. The van der Waals surface area contributed by atoms with Crippen molar-refractivity contribution in [2.24, 2.45) is 0 Å². The first-order valence-corrected chi connectivity index (χ1v) is 8.30. The first kappa shape index (κ1) is 18.0. The minimum Gasteiger partial charge on any atom is -0.496 e. The quantitative estimate of drug-likeness (QED) is 0.460. The number of ether oxygens (including phenoxy) is 2. The largest absolute Gasteiger partial charge is 0.496 e. The highest BCUT2D eigenvalue weighted by atomic mass is 35.5. The number of rotatable bonds is 4. The number of methoxy groups -OCH3 is 2. The number of benzene rings is 2. The van der Waals surface area contributed by atoms with Crippen LogP contribution in [-0.4, -0.2) is 31.7 Å². The highest BCUT2D eigenvalue weighted by Crippen LogP contribution is 2.38. The summed E-state index contributed by atoms with van der Waals surface area (Å²) in [7, 11) is 2.82. The van der Waals surface area contributed by atoms with Crippen molar-refractivity contribution in [3.8, 4) is 5.75 Å². The van der Waals surface area contributed by atoms with Gasteiger partial charge in [-0.05, 0) is 24.1 Å². The number of carbonyl (C=O) groups is 1. The zero-order chi connectivity index (χ0) is 18.8. The minimum atomic E-state index is -0.710. The van der Waals surface area contributed by atoms with Gasteiger partial charge in [0.15, 0.2) is 0 Å². The van der Waals surface area contributed by atoms with E-state index in [9.17, 15) is 14.9 Å². The lowest BCUT2D eigenvalue weighted by Gasteiger charge is -2.31. The number of nitro groups is 1. The summed E-state index contributed by atoms with van der Waals surface area (Å²) < 4.78 is 10.0. The summed E-state index contributed by atoms with van der Waals surface area (Å²) in [5.74, 6) is 0.106. The first-order valence-electron chi connectivity index (χ1n) is 7.92. The number of anilines is 1. The molecule has 0 aliphatic carbocycles. The summed E-state index contributed by atoms with van der Waals surface area (Å²) in [5.41, 5.74) is 2.32. The van der Waals surface area contributed by atoms with Crippen molar-refractivity contribution in [1.82, 2.24) is 0 Å². The second-order valence-corrected chi connectivity index (χ2v) is 6.25. The predicted molar refractivity (Wildman–Crippen MR) is 97.2 cm³/mol. The van der Waals surface area contributed by atoms with Gasteiger partial charge in [0, 0.05) is 24.7 Å². The van der Waals surface area contributed by atoms with E-state index in [0.717, 1.165) is 16.9 Å². The Labute approximate surface area is 155 Å². The molecule has 0 spiro atoms. The number of hydrogen-bond acceptors (Lipinski definition) is 6. The lowest BCUT2D eigenvalue weighted by Crippen LogP contribution is -2.31. The van der Waals surface area contributed by atoms with Crippen LogP contribution in [-0.2, 0) is 17.7 Å². The number of nitrogens with zero attached hydrogens (tertiary/aromatic N) is 2. The summed E-state index contributed by atoms with van der Waals surface area (Å²) in [6.07, 6.45) is 0.687. The summed E-state index contributed by atoms with van der Waals surface area (Å²) in [6, 6.07) is 8.39. The van der Waals surface area contributed by atoms with E-state index in [1.54, 1.807) is 7.11 Å². The van der Waals surface area contributed by atoms with E-state index in [0.29, 0.717) is 25.2 Å².